The second kappa shape index (κ2) is 5.21. The Hall–Kier alpha value is -1.52. The van der Waals surface area contributed by atoms with Crippen LogP contribution in [0.5, 0.6) is 0 Å². The van der Waals surface area contributed by atoms with Gasteiger partial charge in [-0.25, -0.2) is 4.39 Å². The number of fused-ring (bicyclic) bond motifs is 1. The topological polar surface area (TPSA) is 45.1 Å². The zero-order chi connectivity index (χ0) is 12.3. The van der Waals surface area contributed by atoms with E-state index < -0.39 is 0 Å². The number of aliphatic hydroxyl groups is 1. The summed E-state index contributed by atoms with van der Waals surface area (Å²) < 4.78 is 13.5. The fourth-order valence-corrected chi connectivity index (χ4v) is 1.69. The van der Waals surface area contributed by atoms with Gasteiger partial charge in [0.25, 0.3) is 0 Å². The summed E-state index contributed by atoms with van der Waals surface area (Å²) in [4.78, 5) is 4.20. The van der Waals surface area contributed by atoms with Crippen molar-refractivity contribution in [3.63, 3.8) is 0 Å². The first-order chi connectivity index (χ1) is 8.22. The van der Waals surface area contributed by atoms with Gasteiger partial charge >= 0.3 is 0 Å². The number of nitrogens with zero attached hydrogens (tertiary/aromatic N) is 1. The van der Waals surface area contributed by atoms with Gasteiger partial charge in [-0.15, -0.1) is 0 Å². The number of aromatic nitrogens is 1. The SMILES string of the molecule is CC(CO)NCc1ccc(F)c2cccnc12. The molecule has 1 unspecified atom stereocenters. The van der Waals surface area contributed by atoms with Gasteiger partial charge in [-0.2, -0.15) is 0 Å². The first-order valence-electron chi connectivity index (χ1n) is 5.58. The predicted octanol–water partition coefficient (Wildman–Crippen LogP) is 1.84. The molecule has 3 nitrogen and oxygen atoms in total. The Labute approximate surface area is 99.3 Å². The summed E-state index contributed by atoms with van der Waals surface area (Å²) in [7, 11) is 0. The lowest BCUT2D eigenvalue weighted by Gasteiger charge is -2.12. The highest BCUT2D eigenvalue weighted by molar-refractivity contribution is 5.82. The van der Waals surface area contributed by atoms with Gasteiger partial charge in [0.15, 0.2) is 0 Å². The van der Waals surface area contributed by atoms with Crippen molar-refractivity contribution >= 4 is 10.9 Å². The largest absolute Gasteiger partial charge is 0.395 e. The maximum Gasteiger partial charge on any atom is 0.132 e. The molecule has 1 atom stereocenters. The summed E-state index contributed by atoms with van der Waals surface area (Å²) in [5.74, 6) is -0.257. The van der Waals surface area contributed by atoms with Crippen LogP contribution in [0.25, 0.3) is 10.9 Å². The number of halogens is 1. The van der Waals surface area contributed by atoms with Gasteiger partial charge < -0.3 is 10.4 Å². The molecule has 1 aromatic carbocycles. The van der Waals surface area contributed by atoms with Crippen LogP contribution in [0, 0.1) is 5.82 Å². The van der Waals surface area contributed by atoms with E-state index in [0.29, 0.717) is 17.4 Å². The molecule has 0 radical (unpaired) electrons. The molecule has 0 aliphatic carbocycles. The fourth-order valence-electron chi connectivity index (χ4n) is 1.69. The number of pyridine rings is 1. The second-order valence-electron chi connectivity index (χ2n) is 4.07. The van der Waals surface area contributed by atoms with Crippen molar-refractivity contribution in [1.82, 2.24) is 10.3 Å². The van der Waals surface area contributed by atoms with Crippen LogP contribution < -0.4 is 5.32 Å². The van der Waals surface area contributed by atoms with E-state index in [1.807, 2.05) is 6.92 Å². The molecule has 2 rings (SSSR count). The van der Waals surface area contributed by atoms with Gasteiger partial charge in [-0.3, -0.25) is 4.98 Å². The van der Waals surface area contributed by atoms with E-state index in [2.05, 4.69) is 10.3 Å². The molecule has 0 aliphatic heterocycles. The Morgan fingerprint density at radius 3 is 3.00 bits per heavy atom. The fraction of sp³-hybridized carbons (Fsp3) is 0.308. The highest BCUT2D eigenvalue weighted by Gasteiger charge is 2.07. The lowest BCUT2D eigenvalue weighted by molar-refractivity contribution is 0.251. The normalized spacial score (nSPS) is 12.9. The summed E-state index contributed by atoms with van der Waals surface area (Å²) in [5, 5.41) is 12.6. The van der Waals surface area contributed by atoms with Gasteiger partial charge in [-0.05, 0) is 30.7 Å². The number of nitrogens with one attached hydrogen (secondary N) is 1. The minimum absolute atomic E-state index is 0.0128. The summed E-state index contributed by atoms with van der Waals surface area (Å²) >= 11 is 0. The number of hydrogen-bond acceptors (Lipinski definition) is 3. The molecule has 1 heterocycles. The minimum Gasteiger partial charge on any atom is -0.395 e. The Kier molecular flexibility index (Phi) is 3.66. The lowest BCUT2D eigenvalue weighted by Crippen LogP contribution is -2.28. The molecule has 2 N–H and O–H groups in total. The van der Waals surface area contributed by atoms with Crippen molar-refractivity contribution in [1.29, 1.82) is 0 Å². The van der Waals surface area contributed by atoms with E-state index in [1.165, 1.54) is 6.07 Å². The number of aliphatic hydroxyl groups excluding tert-OH is 1. The van der Waals surface area contributed by atoms with E-state index >= 15 is 0 Å². The van der Waals surface area contributed by atoms with E-state index in [0.717, 1.165) is 5.56 Å². The zero-order valence-electron chi connectivity index (χ0n) is 9.65. The van der Waals surface area contributed by atoms with Crippen molar-refractivity contribution in [2.24, 2.45) is 0 Å². The van der Waals surface area contributed by atoms with E-state index in [9.17, 15) is 4.39 Å². The third-order valence-electron chi connectivity index (χ3n) is 2.71. The second-order valence-corrected chi connectivity index (χ2v) is 4.07. The Morgan fingerprint density at radius 2 is 2.24 bits per heavy atom. The Morgan fingerprint density at radius 1 is 1.41 bits per heavy atom. The van der Waals surface area contributed by atoms with Crippen LogP contribution in [0.3, 0.4) is 0 Å². The maximum absolute atomic E-state index is 13.5. The van der Waals surface area contributed by atoms with Crippen molar-refractivity contribution in [3.05, 3.63) is 41.8 Å². The van der Waals surface area contributed by atoms with Gasteiger partial charge in [0.2, 0.25) is 0 Å². The molecular formula is C13H15FN2O. The molecule has 2 aromatic rings. The monoisotopic (exact) mass is 234 g/mol. The summed E-state index contributed by atoms with van der Waals surface area (Å²) in [6.45, 7) is 2.53. The van der Waals surface area contributed by atoms with E-state index in [4.69, 9.17) is 5.11 Å². The Bertz CT molecular complexity index is 516. The molecule has 0 fully saturated rings. The van der Waals surface area contributed by atoms with Crippen LogP contribution in [0.1, 0.15) is 12.5 Å². The molecule has 0 saturated carbocycles. The van der Waals surface area contributed by atoms with Gasteiger partial charge in [0.05, 0.1) is 12.1 Å². The van der Waals surface area contributed by atoms with Crippen LogP contribution in [0.2, 0.25) is 0 Å². The van der Waals surface area contributed by atoms with Crippen LogP contribution in [0.4, 0.5) is 4.39 Å². The molecular weight excluding hydrogens is 219 g/mol. The average molecular weight is 234 g/mol. The van der Waals surface area contributed by atoms with E-state index in [1.54, 1.807) is 24.4 Å². The smallest absolute Gasteiger partial charge is 0.132 e. The Balaban J connectivity index is 2.32. The maximum atomic E-state index is 13.5. The molecule has 0 bridgehead atoms. The average Bonchev–Trinajstić information content (AvgIpc) is 2.38. The number of hydrogen-bond donors (Lipinski definition) is 2. The minimum atomic E-state index is -0.257. The van der Waals surface area contributed by atoms with Gasteiger partial charge in [0.1, 0.15) is 5.82 Å². The summed E-state index contributed by atoms with van der Waals surface area (Å²) in [5.41, 5.74) is 1.60. The number of rotatable bonds is 4. The van der Waals surface area contributed by atoms with Gasteiger partial charge in [0, 0.05) is 24.2 Å². The molecule has 4 heteroatoms. The summed E-state index contributed by atoms with van der Waals surface area (Å²) in [6, 6.07) is 6.63. The highest BCUT2D eigenvalue weighted by atomic mass is 19.1. The predicted molar refractivity (Wildman–Crippen MR) is 65.1 cm³/mol. The quantitative estimate of drug-likeness (QED) is 0.848. The lowest BCUT2D eigenvalue weighted by atomic mass is 10.1. The van der Waals surface area contributed by atoms with Crippen LogP contribution in [0.15, 0.2) is 30.5 Å². The first kappa shape index (κ1) is 12.0. The molecule has 1 aromatic heterocycles. The molecule has 0 spiro atoms. The van der Waals surface area contributed by atoms with Gasteiger partial charge in [-0.1, -0.05) is 6.07 Å². The molecule has 0 aliphatic rings. The van der Waals surface area contributed by atoms with Crippen LogP contribution in [-0.4, -0.2) is 22.7 Å². The zero-order valence-corrected chi connectivity index (χ0v) is 9.65. The standard InChI is InChI=1S/C13H15FN2O/c1-9(8-17)16-7-10-4-5-12(14)11-3-2-6-15-13(10)11/h2-6,9,16-17H,7-8H2,1H3. The van der Waals surface area contributed by atoms with Crippen molar-refractivity contribution < 1.29 is 9.50 Å². The molecule has 17 heavy (non-hydrogen) atoms. The van der Waals surface area contributed by atoms with Crippen molar-refractivity contribution in [3.8, 4) is 0 Å². The van der Waals surface area contributed by atoms with Crippen molar-refractivity contribution in [2.75, 3.05) is 6.61 Å². The highest BCUT2D eigenvalue weighted by Crippen LogP contribution is 2.19. The van der Waals surface area contributed by atoms with Crippen LogP contribution >= 0.6 is 0 Å². The summed E-state index contributed by atoms with van der Waals surface area (Å²) in [6.07, 6.45) is 1.65. The third kappa shape index (κ3) is 2.60. The van der Waals surface area contributed by atoms with E-state index in [-0.39, 0.29) is 18.5 Å². The van der Waals surface area contributed by atoms with Crippen LogP contribution in [-0.2, 0) is 6.54 Å². The third-order valence-corrected chi connectivity index (χ3v) is 2.71. The molecule has 0 amide bonds. The van der Waals surface area contributed by atoms with Crippen molar-refractivity contribution in [2.45, 2.75) is 19.5 Å². The number of benzene rings is 1. The molecule has 90 valence electrons. The molecule has 0 saturated heterocycles. The first-order valence-corrected chi connectivity index (χ1v) is 5.58.